The molecule has 2 amide bonds. The van der Waals surface area contributed by atoms with Crippen molar-refractivity contribution in [1.29, 1.82) is 0 Å². The van der Waals surface area contributed by atoms with Crippen LogP contribution in [0.2, 0.25) is 0 Å². The molecule has 1 atom stereocenters. The zero-order chi connectivity index (χ0) is 17.8. The molecule has 7 nitrogen and oxygen atoms in total. The standard InChI is InChI=1S/C18H20N4O3/c1-25-11-15(19)17(23)21-14-4-5-16-12(9-14)6-8-22(16)18(24)13-3-2-7-20-10-13/h2-5,7,9-10,15H,6,8,11,19H2,1H3,(H,21,23). The maximum absolute atomic E-state index is 12.6. The minimum absolute atomic E-state index is 0.0780. The van der Waals surface area contributed by atoms with E-state index in [9.17, 15) is 9.59 Å². The van der Waals surface area contributed by atoms with Gasteiger partial charge >= 0.3 is 0 Å². The summed E-state index contributed by atoms with van der Waals surface area (Å²) in [4.78, 5) is 30.3. The van der Waals surface area contributed by atoms with Crippen molar-refractivity contribution >= 4 is 23.2 Å². The fraction of sp³-hybridized carbons (Fsp3) is 0.278. The molecule has 1 unspecified atom stereocenters. The molecule has 0 spiro atoms. The molecule has 1 aliphatic rings. The maximum Gasteiger partial charge on any atom is 0.259 e. The number of nitrogens with zero attached hydrogens (tertiary/aromatic N) is 2. The van der Waals surface area contributed by atoms with E-state index < -0.39 is 6.04 Å². The van der Waals surface area contributed by atoms with E-state index >= 15 is 0 Å². The van der Waals surface area contributed by atoms with Crippen molar-refractivity contribution in [2.45, 2.75) is 12.5 Å². The van der Waals surface area contributed by atoms with Gasteiger partial charge in [0.15, 0.2) is 0 Å². The van der Waals surface area contributed by atoms with Crippen LogP contribution in [0.25, 0.3) is 0 Å². The number of anilines is 2. The van der Waals surface area contributed by atoms with Gasteiger partial charge in [-0.05, 0) is 42.3 Å². The molecule has 0 fully saturated rings. The highest BCUT2D eigenvalue weighted by Crippen LogP contribution is 2.31. The predicted molar refractivity (Wildman–Crippen MR) is 94.5 cm³/mol. The SMILES string of the molecule is COCC(N)C(=O)Nc1ccc2c(c1)CCN2C(=O)c1cccnc1. The van der Waals surface area contributed by atoms with Gasteiger partial charge in [-0.15, -0.1) is 0 Å². The summed E-state index contributed by atoms with van der Waals surface area (Å²) in [7, 11) is 1.50. The summed E-state index contributed by atoms with van der Waals surface area (Å²) in [6.45, 7) is 0.758. The highest BCUT2D eigenvalue weighted by atomic mass is 16.5. The third-order valence-electron chi connectivity index (χ3n) is 4.08. The van der Waals surface area contributed by atoms with Crippen molar-refractivity contribution in [3.8, 4) is 0 Å². The number of benzene rings is 1. The average molecular weight is 340 g/mol. The Morgan fingerprint density at radius 1 is 1.40 bits per heavy atom. The molecule has 25 heavy (non-hydrogen) atoms. The van der Waals surface area contributed by atoms with Gasteiger partial charge in [-0.25, -0.2) is 0 Å². The van der Waals surface area contributed by atoms with Crippen LogP contribution in [0.4, 0.5) is 11.4 Å². The zero-order valence-electron chi connectivity index (χ0n) is 13.9. The van der Waals surface area contributed by atoms with E-state index in [0.29, 0.717) is 17.8 Å². The molecule has 1 aromatic carbocycles. The van der Waals surface area contributed by atoms with E-state index in [1.807, 2.05) is 12.1 Å². The van der Waals surface area contributed by atoms with Crippen LogP contribution in [0.15, 0.2) is 42.7 Å². The number of amides is 2. The highest BCUT2D eigenvalue weighted by molar-refractivity contribution is 6.07. The van der Waals surface area contributed by atoms with Crippen molar-refractivity contribution in [3.05, 3.63) is 53.9 Å². The molecule has 0 saturated carbocycles. The van der Waals surface area contributed by atoms with E-state index in [2.05, 4.69) is 10.3 Å². The Labute approximate surface area is 145 Å². The minimum atomic E-state index is -0.720. The van der Waals surface area contributed by atoms with Crippen LogP contribution in [0.3, 0.4) is 0 Å². The molecule has 0 radical (unpaired) electrons. The Morgan fingerprint density at radius 2 is 2.24 bits per heavy atom. The molecule has 2 aromatic rings. The Hall–Kier alpha value is -2.77. The third kappa shape index (κ3) is 3.67. The quantitative estimate of drug-likeness (QED) is 0.852. The summed E-state index contributed by atoms with van der Waals surface area (Å²) in [5, 5.41) is 2.77. The molecule has 1 aliphatic heterocycles. The first-order chi connectivity index (χ1) is 12.1. The second-order valence-electron chi connectivity index (χ2n) is 5.84. The number of pyridine rings is 1. The molecule has 3 rings (SSSR count). The van der Waals surface area contributed by atoms with E-state index in [4.69, 9.17) is 10.5 Å². The van der Waals surface area contributed by atoms with Gasteiger partial charge in [-0.3, -0.25) is 14.6 Å². The summed E-state index contributed by atoms with van der Waals surface area (Å²) in [6, 6.07) is 8.26. The van der Waals surface area contributed by atoms with Crippen LogP contribution < -0.4 is 16.0 Å². The minimum Gasteiger partial charge on any atom is -0.383 e. The number of aromatic nitrogens is 1. The maximum atomic E-state index is 12.6. The van der Waals surface area contributed by atoms with Gasteiger partial charge in [0.2, 0.25) is 5.91 Å². The van der Waals surface area contributed by atoms with Gasteiger partial charge in [0.25, 0.3) is 5.91 Å². The molecule has 1 aromatic heterocycles. The van der Waals surface area contributed by atoms with Crippen molar-refractivity contribution in [3.63, 3.8) is 0 Å². The summed E-state index contributed by atoms with van der Waals surface area (Å²) >= 11 is 0. The fourth-order valence-corrected chi connectivity index (χ4v) is 2.83. The molecule has 0 saturated heterocycles. The van der Waals surface area contributed by atoms with Crippen molar-refractivity contribution in [2.75, 3.05) is 30.5 Å². The molecule has 3 N–H and O–H groups in total. The topological polar surface area (TPSA) is 97.5 Å². The first-order valence-electron chi connectivity index (χ1n) is 8.00. The summed E-state index contributed by atoms with van der Waals surface area (Å²) in [5.41, 5.74) is 8.80. The van der Waals surface area contributed by atoms with Crippen LogP contribution in [-0.4, -0.2) is 43.1 Å². The van der Waals surface area contributed by atoms with Gasteiger partial charge in [-0.1, -0.05) is 0 Å². The first-order valence-corrected chi connectivity index (χ1v) is 8.00. The van der Waals surface area contributed by atoms with Crippen molar-refractivity contribution < 1.29 is 14.3 Å². The van der Waals surface area contributed by atoms with Gasteiger partial charge < -0.3 is 20.7 Å². The lowest BCUT2D eigenvalue weighted by Crippen LogP contribution is -2.39. The number of methoxy groups -OCH3 is 1. The summed E-state index contributed by atoms with van der Waals surface area (Å²) in [5.74, 6) is -0.381. The number of hydrogen-bond donors (Lipinski definition) is 2. The first kappa shape index (κ1) is 17.1. The molecule has 7 heteroatoms. The average Bonchev–Trinajstić information content (AvgIpc) is 3.05. The van der Waals surface area contributed by atoms with E-state index in [-0.39, 0.29) is 18.4 Å². The van der Waals surface area contributed by atoms with Crippen LogP contribution in [-0.2, 0) is 16.0 Å². The molecular formula is C18H20N4O3. The van der Waals surface area contributed by atoms with Crippen LogP contribution in [0.5, 0.6) is 0 Å². The molecule has 2 heterocycles. The Bertz CT molecular complexity index is 779. The Balaban J connectivity index is 1.75. The Morgan fingerprint density at radius 3 is 2.96 bits per heavy atom. The van der Waals surface area contributed by atoms with E-state index in [0.717, 1.165) is 17.7 Å². The number of carbonyl (C=O) groups excluding carboxylic acids is 2. The van der Waals surface area contributed by atoms with Crippen LogP contribution in [0, 0.1) is 0 Å². The number of hydrogen-bond acceptors (Lipinski definition) is 5. The van der Waals surface area contributed by atoms with Gasteiger partial charge in [0.05, 0.1) is 12.2 Å². The lowest BCUT2D eigenvalue weighted by atomic mass is 10.1. The number of fused-ring (bicyclic) bond motifs is 1. The second-order valence-corrected chi connectivity index (χ2v) is 5.84. The molecule has 0 bridgehead atoms. The number of ether oxygens (including phenoxy) is 1. The highest BCUT2D eigenvalue weighted by Gasteiger charge is 2.26. The third-order valence-corrected chi connectivity index (χ3v) is 4.08. The molecular weight excluding hydrogens is 320 g/mol. The lowest BCUT2D eigenvalue weighted by molar-refractivity contribution is -0.118. The smallest absolute Gasteiger partial charge is 0.259 e. The largest absolute Gasteiger partial charge is 0.383 e. The summed E-state index contributed by atoms with van der Waals surface area (Å²) in [6.07, 6.45) is 3.93. The van der Waals surface area contributed by atoms with Crippen LogP contribution in [0.1, 0.15) is 15.9 Å². The number of nitrogens with two attached hydrogens (primary N) is 1. The molecule has 0 aliphatic carbocycles. The number of rotatable bonds is 5. The zero-order valence-corrected chi connectivity index (χ0v) is 13.9. The Kier molecular flexibility index (Phi) is 5.06. The van der Waals surface area contributed by atoms with E-state index in [1.54, 1.807) is 35.5 Å². The monoisotopic (exact) mass is 340 g/mol. The van der Waals surface area contributed by atoms with Crippen LogP contribution >= 0.6 is 0 Å². The fourth-order valence-electron chi connectivity index (χ4n) is 2.83. The van der Waals surface area contributed by atoms with E-state index in [1.165, 1.54) is 7.11 Å². The predicted octanol–water partition coefficient (Wildman–Crippen LogP) is 1.20. The number of carbonyl (C=O) groups is 2. The van der Waals surface area contributed by atoms with Gasteiger partial charge in [-0.2, -0.15) is 0 Å². The van der Waals surface area contributed by atoms with Gasteiger partial charge in [0.1, 0.15) is 6.04 Å². The second kappa shape index (κ2) is 7.42. The lowest BCUT2D eigenvalue weighted by Gasteiger charge is -2.18. The number of nitrogens with one attached hydrogen (secondary N) is 1. The summed E-state index contributed by atoms with van der Waals surface area (Å²) < 4.78 is 4.88. The van der Waals surface area contributed by atoms with Crippen molar-refractivity contribution in [2.24, 2.45) is 5.73 Å². The van der Waals surface area contributed by atoms with Crippen molar-refractivity contribution in [1.82, 2.24) is 4.98 Å². The molecule has 130 valence electrons. The van der Waals surface area contributed by atoms with Gasteiger partial charge in [0, 0.05) is 37.4 Å². The normalized spacial score (nSPS) is 14.1.